The second kappa shape index (κ2) is 7.74. The van der Waals surface area contributed by atoms with E-state index in [1.54, 1.807) is 29.2 Å². The molecule has 0 spiro atoms. The first-order valence-electron chi connectivity index (χ1n) is 8.84. The van der Waals surface area contributed by atoms with Crippen molar-refractivity contribution < 1.29 is 14.6 Å². The van der Waals surface area contributed by atoms with Crippen molar-refractivity contribution in [2.75, 3.05) is 6.54 Å². The number of aromatic hydroxyl groups is 1. The van der Waals surface area contributed by atoms with Gasteiger partial charge in [0.15, 0.2) is 5.75 Å². The summed E-state index contributed by atoms with van der Waals surface area (Å²) < 4.78 is 5.78. The molecule has 1 aliphatic rings. The van der Waals surface area contributed by atoms with Crippen LogP contribution in [0.4, 0.5) is 0 Å². The van der Waals surface area contributed by atoms with Gasteiger partial charge in [-0.25, -0.2) is 0 Å². The Hall–Kier alpha value is -2.69. The van der Waals surface area contributed by atoms with Crippen molar-refractivity contribution in [2.45, 2.75) is 13.0 Å². The number of fused-ring (bicyclic) bond motifs is 1. The maximum absolute atomic E-state index is 13.0. The van der Waals surface area contributed by atoms with E-state index in [9.17, 15) is 9.90 Å². The summed E-state index contributed by atoms with van der Waals surface area (Å²) in [5.41, 5.74) is 2.55. The minimum absolute atomic E-state index is 0.0959. The van der Waals surface area contributed by atoms with Crippen LogP contribution in [0.5, 0.6) is 17.2 Å². The summed E-state index contributed by atoms with van der Waals surface area (Å²) in [6.45, 7) is 1.10. The first-order valence-corrected chi connectivity index (χ1v) is 9.59. The molecule has 1 heterocycles. The van der Waals surface area contributed by atoms with Crippen LogP contribution in [-0.4, -0.2) is 22.5 Å². The highest BCUT2D eigenvalue weighted by molar-refractivity contribution is 6.37. The molecule has 28 heavy (non-hydrogen) atoms. The number of carbonyl (C=O) groups excluding carboxylic acids is 1. The molecule has 0 fully saturated rings. The van der Waals surface area contributed by atoms with Crippen LogP contribution in [0.3, 0.4) is 0 Å². The van der Waals surface area contributed by atoms with E-state index >= 15 is 0 Å². The lowest BCUT2D eigenvalue weighted by atomic mass is 9.99. The average Bonchev–Trinajstić information content (AvgIpc) is 2.71. The molecule has 0 atom stereocenters. The van der Waals surface area contributed by atoms with E-state index in [-0.39, 0.29) is 17.2 Å². The third kappa shape index (κ3) is 3.66. The van der Waals surface area contributed by atoms with Crippen molar-refractivity contribution in [3.05, 3.63) is 87.4 Å². The van der Waals surface area contributed by atoms with Gasteiger partial charge < -0.3 is 14.7 Å². The summed E-state index contributed by atoms with van der Waals surface area (Å²) >= 11 is 12.3. The van der Waals surface area contributed by atoms with Gasteiger partial charge in [0.2, 0.25) is 0 Å². The van der Waals surface area contributed by atoms with Gasteiger partial charge in [0.05, 0.1) is 15.6 Å². The Balaban J connectivity index is 1.60. The van der Waals surface area contributed by atoms with E-state index in [4.69, 9.17) is 27.9 Å². The van der Waals surface area contributed by atoms with Crippen LogP contribution in [0, 0.1) is 0 Å². The standard InChI is InChI=1S/C22H17Cl2NO3/c23-18-6-3-7-19(24)21(18)28-16-8-9-20(26)17(12-16)22(27)25-11-10-14-4-1-2-5-15(14)13-25/h1-9,12,26H,10-11,13H2. The number of rotatable bonds is 3. The quantitative estimate of drug-likeness (QED) is 0.599. The largest absolute Gasteiger partial charge is 0.507 e. The van der Waals surface area contributed by atoms with E-state index < -0.39 is 0 Å². The van der Waals surface area contributed by atoms with E-state index in [1.807, 2.05) is 18.2 Å². The van der Waals surface area contributed by atoms with E-state index in [1.165, 1.54) is 17.7 Å². The Morgan fingerprint density at radius 3 is 2.43 bits per heavy atom. The highest BCUT2D eigenvalue weighted by Crippen LogP contribution is 2.37. The second-order valence-electron chi connectivity index (χ2n) is 6.58. The maximum atomic E-state index is 13.0. The van der Waals surface area contributed by atoms with Crippen molar-refractivity contribution in [1.82, 2.24) is 4.90 Å². The van der Waals surface area contributed by atoms with Crippen molar-refractivity contribution in [1.29, 1.82) is 0 Å². The maximum Gasteiger partial charge on any atom is 0.258 e. The van der Waals surface area contributed by atoms with Gasteiger partial charge >= 0.3 is 0 Å². The fourth-order valence-corrected chi connectivity index (χ4v) is 3.76. The van der Waals surface area contributed by atoms with Crippen LogP contribution >= 0.6 is 23.2 Å². The molecule has 3 aromatic carbocycles. The SMILES string of the molecule is O=C(c1cc(Oc2c(Cl)cccc2Cl)ccc1O)N1CCc2ccccc2C1. The summed E-state index contributed by atoms with van der Waals surface area (Å²) in [6.07, 6.45) is 0.786. The number of para-hydroxylation sites is 1. The van der Waals surface area contributed by atoms with E-state index in [0.29, 0.717) is 34.6 Å². The Bertz CT molecular complexity index is 1030. The zero-order chi connectivity index (χ0) is 19.7. The molecule has 0 aromatic heterocycles. The number of ether oxygens (including phenoxy) is 1. The Morgan fingerprint density at radius 2 is 1.68 bits per heavy atom. The molecule has 0 saturated heterocycles. The molecule has 0 unspecified atom stereocenters. The molecule has 1 aliphatic heterocycles. The fraction of sp³-hybridized carbons (Fsp3) is 0.136. The van der Waals surface area contributed by atoms with Gasteiger partial charge in [-0.3, -0.25) is 4.79 Å². The molecule has 0 bridgehead atoms. The summed E-state index contributed by atoms with van der Waals surface area (Å²) in [5.74, 6) is 0.333. The number of hydrogen-bond donors (Lipinski definition) is 1. The number of phenols is 1. The van der Waals surface area contributed by atoms with Crippen LogP contribution in [0.15, 0.2) is 60.7 Å². The van der Waals surface area contributed by atoms with Crippen molar-refractivity contribution in [3.8, 4) is 17.2 Å². The first-order chi connectivity index (χ1) is 13.5. The topological polar surface area (TPSA) is 49.8 Å². The smallest absolute Gasteiger partial charge is 0.258 e. The molecule has 3 aromatic rings. The monoisotopic (exact) mass is 413 g/mol. The van der Waals surface area contributed by atoms with Gasteiger partial charge in [-0.2, -0.15) is 0 Å². The number of halogens is 2. The number of benzene rings is 3. The van der Waals surface area contributed by atoms with Gasteiger partial charge in [0, 0.05) is 13.1 Å². The van der Waals surface area contributed by atoms with Crippen LogP contribution < -0.4 is 4.74 Å². The highest BCUT2D eigenvalue weighted by atomic mass is 35.5. The molecular formula is C22H17Cl2NO3. The lowest BCUT2D eigenvalue weighted by Crippen LogP contribution is -2.35. The molecule has 1 N–H and O–H groups in total. The molecule has 4 rings (SSSR count). The summed E-state index contributed by atoms with van der Waals surface area (Å²) in [4.78, 5) is 14.8. The zero-order valence-electron chi connectivity index (χ0n) is 14.9. The second-order valence-corrected chi connectivity index (χ2v) is 7.39. The molecule has 0 radical (unpaired) electrons. The zero-order valence-corrected chi connectivity index (χ0v) is 16.4. The van der Waals surface area contributed by atoms with Crippen LogP contribution in [0.2, 0.25) is 10.0 Å². The van der Waals surface area contributed by atoms with Crippen LogP contribution in [-0.2, 0) is 13.0 Å². The van der Waals surface area contributed by atoms with Gasteiger partial charge in [-0.05, 0) is 47.9 Å². The molecule has 1 amide bonds. The number of carbonyl (C=O) groups is 1. The summed E-state index contributed by atoms with van der Waals surface area (Å²) in [5, 5.41) is 11.0. The minimum atomic E-state index is -0.247. The molecule has 0 saturated carbocycles. The van der Waals surface area contributed by atoms with E-state index in [0.717, 1.165) is 12.0 Å². The van der Waals surface area contributed by atoms with Crippen molar-refractivity contribution >= 4 is 29.1 Å². The van der Waals surface area contributed by atoms with Gasteiger partial charge in [0.25, 0.3) is 5.91 Å². The minimum Gasteiger partial charge on any atom is -0.507 e. The third-order valence-corrected chi connectivity index (χ3v) is 5.35. The summed E-state index contributed by atoms with van der Waals surface area (Å²) in [7, 11) is 0. The van der Waals surface area contributed by atoms with E-state index in [2.05, 4.69) is 6.07 Å². The first kappa shape index (κ1) is 18.7. The molecule has 142 valence electrons. The van der Waals surface area contributed by atoms with Crippen molar-refractivity contribution in [3.63, 3.8) is 0 Å². The fourth-order valence-electron chi connectivity index (χ4n) is 3.29. The lowest BCUT2D eigenvalue weighted by Gasteiger charge is -2.29. The predicted octanol–water partition coefficient (Wildman–Crippen LogP) is 5.69. The predicted molar refractivity (Wildman–Crippen MR) is 110 cm³/mol. The number of hydrogen-bond acceptors (Lipinski definition) is 3. The number of phenolic OH excluding ortho intramolecular Hbond substituents is 1. The van der Waals surface area contributed by atoms with Crippen LogP contribution in [0.1, 0.15) is 21.5 Å². The average molecular weight is 414 g/mol. The van der Waals surface area contributed by atoms with Crippen LogP contribution in [0.25, 0.3) is 0 Å². The summed E-state index contributed by atoms with van der Waals surface area (Å²) in [6, 6.07) is 17.6. The van der Waals surface area contributed by atoms with Gasteiger partial charge in [-0.15, -0.1) is 0 Å². The molecular weight excluding hydrogens is 397 g/mol. The Kier molecular flexibility index (Phi) is 5.16. The Labute approximate surface area is 172 Å². The highest BCUT2D eigenvalue weighted by Gasteiger charge is 2.24. The van der Waals surface area contributed by atoms with Gasteiger partial charge in [0.1, 0.15) is 11.5 Å². The molecule has 6 heteroatoms. The molecule has 4 nitrogen and oxygen atoms in total. The number of nitrogens with zero attached hydrogens (tertiary/aromatic N) is 1. The molecule has 0 aliphatic carbocycles. The van der Waals surface area contributed by atoms with Gasteiger partial charge in [-0.1, -0.05) is 53.5 Å². The third-order valence-electron chi connectivity index (χ3n) is 4.76. The van der Waals surface area contributed by atoms with Crippen molar-refractivity contribution in [2.24, 2.45) is 0 Å². The normalized spacial score (nSPS) is 13.1. The number of amides is 1. The Morgan fingerprint density at radius 1 is 0.964 bits per heavy atom. The lowest BCUT2D eigenvalue weighted by molar-refractivity contribution is 0.0731.